The van der Waals surface area contributed by atoms with Crippen LogP contribution in [-0.2, 0) is 9.59 Å². The van der Waals surface area contributed by atoms with E-state index in [0.29, 0.717) is 33.6 Å². The molecule has 0 bridgehead atoms. The maximum Gasteiger partial charge on any atom is 0.270 e. The number of nitrogens with one attached hydrogen (secondary N) is 1. The summed E-state index contributed by atoms with van der Waals surface area (Å²) in [6.45, 7) is -0.289. The zero-order valence-corrected chi connectivity index (χ0v) is 21.9. The van der Waals surface area contributed by atoms with Gasteiger partial charge in [0.1, 0.15) is 0 Å². The van der Waals surface area contributed by atoms with E-state index >= 15 is 0 Å². The molecule has 4 aromatic rings. The number of hydrogen-bond acceptors (Lipinski definition) is 10. The monoisotopic (exact) mass is 561 g/mol. The van der Waals surface area contributed by atoms with Crippen LogP contribution in [0.25, 0.3) is 17.1 Å². The topological polar surface area (TPSA) is 177 Å². The van der Waals surface area contributed by atoms with E-state index in [1.54, 1.807) is 34.9 Å². The SMILES string of the molecule is COc1cc(/C=N/NC(=O)CSc2nnc(-c3cccc([N+](=O)[O-])c3)n2-c2ccccc2)ccc1OCC(N)=O. The third kappa shape index (κ3) is 6.99. The first kappa shape index (κ1) is 27.8. The maximum absolute atomic E-state index is 12.5. The molecule has 40 heavy (non-hydrogen) atoms. The number of carbonyl (C=O) groups excluding carboxylic acids is 2. The molecule has 2 amide bonds. The molecule has 204 valence electrons. The summed E-state index contributed by atoms with van der Waals surface area (Å²) in [5.41, 5.74) is 9.33. The second-order valence-electron chi connectivity index (χ2n) is 8.03. The molecule has 0 aliphatic rings. The predicted octanol–water partition coefficient (Wildman–Crippen LogP) is 2.96. The minimum absolute atomic E-state index is 0.0273. The number of hydrazone groups is 1. The fourth-order valence-corrected chi connectivity index (χ4v) is 4.24. The normalized spacial score (nSPS) is 10.8. The Morgan fingerprint density at radius 3 is 2.62 bits per heavy atom. The molecule has 0 radical (unpaired) electrons. The van der Waals surface area contributed by atoms with Gasteiger partial charge in [-0.05, 0) is 35.9 Å². The molecule has 0 saturated carbocycles. The lowest BCUT2D eigenvalue weighted by atomic mass is 10.2. The summed E-state index contributed by atoms with van der Waals surface area (Å²) in [6.07, 6.45) is 1.43. The summed E-state index contributed by atoms with van der Waals surface area (Å²) in [5.74, 6) is 0.0657. The van der Waals surface area contributed by atoms with E-state index in [-0.39, 0.29) is 18.0 Å². The number of primary amides is 1. The molecule has 14 heteroatoms. The molecule has 4 rings (SSSR count). The zero-order chi connectivity index (χ0) is 28.5. The Bertz CT molecular complexity index is 1560. The van der Waals surface area contributed by atoms with E-state index in [9.17, 15) is 19.7 Å². The van der Waals surface area contributed by atoms with Gasteiger partial charge in [0.25, 0.3) is 17.5 Å². The standard InChI is InChI=1S/C26H23N7O6S/c1-38-22-12-17(10-11-21(22)39-15-23(27)34)14-28-29-24(35)16-40-26-31-30-25(32(26)19-7-3-2-4-8-19)18-6-5-9-20(13-18)33(36)37/h2-14H,15-16H2,1H3,(H2,27,34)(H,29,35)/b28-14+. The van der Waals surface area contributed by atoms with Gasteiger partial charge in [-0.15, -0.1) is 10.2 Å². The Hall–Kier alpha value is -5.24. The molecule has 3 N–H and O–H groups in total. The number of methoxy groups -OCH3 is 1. The largest absolute Gasteiger partial charge is 0.493 e. The van der Waals surface area contributed by atoms with Crippen LogP contribution in [0.15, 0.2) is 83.1 Å². The Labute approximate surface area is 232 Å². The highest BCUT2D eigenvalue weighted by Crippen LogP contribution is 2.30. The fraction of sp³-hybridized carbons (Fsp3) is 0.115. The van der Waals surface area contributed by atoms with E-state index in [0.717, 1.165) is 17.4 Å². The second-order valence-corrected chi connectivity index (χ2v) is 8.97. The van der Waals surface area contributed by atoms with Gasteiger partial charge in [-0.3, -0.25) is 24.3 Å². The Morgan fingerprint density at radius 2 is 1.90 bits per heavy atom. The number of carbonyl (C=O) groups is 2. The van der Waals surface area contributed by atoms with Crippen molar-refractivity contribution < 1.29 is 24.0 Å². The number of nitrogens with zero attached hydrogens (tertiary/aromatic N) is 5. The Kier molecular flexibility index (Phi) is 9.04. The van der Waals surface area contributed by atoms with Crippen molar-refractivity contribution in [2.75, 3.05) is 19.5 Å². The molecule has 13 nitrogen and oxygen atoms in total. The molecular weight excluding hydrogens is 538 g/mol. The van der Waals surface area contributed by atoms with E-state index < -0.39 is 16.7 Å². The van der Waals surface area contributed by atoms with E-state index in [4.69, 9.17) is 15.2 Å². The number of nitro benzene ring substituents is 1. The van der Waals surface area contributed by atoms with Crippen LogP contribution in [0, 0.1) is 10.1 Å². The fourth-order valence-electron chi connectivity index (χ4n) is 3.49. The maximum atomic E-state index is 12.5. The van der Waals surface area contributed by atoms with Crippen molar-refractivity contribution in [2.45, 2.75) is 5.16 Å². The number of nitrogens with two attached hydrogens (primary N) is 1. The lowest BCUT2D eigenvalue weighted by Crippen LogP contribution is -2.20. The third-order valence-electron chi connectivity index (χ3n) is 5.26. The summed E-state index contributed by atoms with van der Waals surface area (Å²) >= 11 is 1.13. The lowest BCUT2D eigenvalue weighted by Gasteiger charge is -2.10. The number of benzene rings is 3. The highest BCUT2D eigenvalue weighted by Gasteiger charge is 2.19. The van der Waals surface area contributed by atoms with Gasteiger partial charge in [0.2, 0.25) is 0 Å². The van der Waals surface area contributed by atoms with Crippen molar-refractivity contribution in [1.29, 1.82) is 0 Å². The number of ether oxygens (including phenoxy) is 2. The number of amides is 2. The zero-order valence-electron chi connectivity index (χ0n) is 21.1. The third-order valence-corrected chi connectivity index (χ3v) is 6.18. The van der Waals surface area contributed by atoms with Crippen molar-refractivity contribution in [3.05, 3.63) is 88.5 Å². The van der Waals surface area contributed by atoms with Gasteiger partial charge in [0, 0.05) is 23.4 Å². The first-order chi connectivity index (χ1) is 19.4. The quantitative estimate of drug-likeness (QED) is 0.114. The number of rotatable bonds is 12. The van der Waals surface area contributed by atoms with Crippen molar-refractivity contribution >= 4 is 35.5 Å². The first-order valence-corrected chi connectivity index (χ1v) is 12.6. The van der Waals surface area contributed by atoms with Crippen LogP contribution in [-0.4, -0.2) is 57.2 Å². The van der Waals surface area contributed by atoms with Crippen LogP contribution in [0.3, 0.4) is 0 Å². The van der Waals surface area contributed by atoms with Gasteiger partial charge in [0.15, 0.2) is 29.1 Å². The number of hydrogen-bond donors (Lipinski definition) is 2. The minimum Gasteiger partial charge on any atom is -0.493 e. The van der Waals surface area contributed by atoms with Crippen LogP contribution >= 0.6 is 11.8 Å². The van der Waals surface area contributed by atoms with Gasteiger partial charge >= 0.3 is 0 Å². The molecule has 0 unspecified atom stereocenters. The van der Waals surface area contributed by atoms with Gasteiger partial charge in [-0.2, -0.15) is 5.10 Å². The summed E-state index contributed by atoms with van der Waals surface area (Å²) in [5, 5.41) is 24.1. The summed E-state index contributed by atoms with van der Waals surface area (Å²) in [4.78, 5) is 34.2. The number of thioether (sulfide) groups is 1. The van der Waals surface area contributed by atoms with Crippen molar-refractivity contribution in [1.82, 2.24) is 20.2 Å². The molecule has 1 aromatic heterocycles. The summed E-state index contributed by atoms with van der Waals surface area (Å²) in [7, 11) is 1.45. The van der Waals surface area contributed by atoms with Crippen LogP contribution in [0.4, 0.5) is 5.69 Å². The van der Waals surface area contributed by atoms with Crippen molar-refractivity contribution in [3.8, 4) is 28.6 Å². The molecule has 1 heterocycles. The average Bonchev–Trinajstić information content (AvgIpc) is 3.39. The van der Waals surface area contributed by atoms with Crippen molar-refractivity contribution in [2.24, 2.45) is 10.8 Å². The molecule has 3 aromatic carbocycles. The van der Waals surface area contributed by atoms with E-state index in [2.05, 4.69) is 20.7 Å². The van der Waals surface area contributed by atoms with Gasteiger partial charge in [-0.25, -0.2) is 5.43 Å². The number of nitro groups is 1. The molecule has 0 aliphatic heterocycles. The number of non-ortho nitro benzene ring substituents is 1. The van der Waals surface area contributed by atoms with Crippen LogP contribution in [0.2, 0.25) is 0 Å². The van der Waals surface area contributed by atoms with Gasteiger partial charge in [0.05, 0.1) is 24.0 Å². The Morgan fingerprint density at radius 1 is 1.10 bits per heavy atom. The molecule has 0 saturated heterocycles. The first-order valence-electron chi connectivity index (χ1n) is 11.6. The second kappa shape index (κ2) is 13.0. The molecule has 0 atom stereocenters. The van der Waals surface area contributed by atoms with Crippen LogP contribution in [0.5, 0.6) is 11.5 Å². The highest BCUT2D eigenvalue weighted by atomic mass is 32.2. The van der Waals surface area contributed by atoms with Crippen LogP contribution < -0.4 is 20.6 Å². The lowest BCUT2D eigenvalue weighted by molar-refractivity contribution is -0.384. The average molecular weight is 562 g/mol. The molecule has 0 aliphatic carbocycles. The Balaban J connectivity index is 1.45. The molecular formula is C26H23N7O6S. The van der Waals surface area contributed by atoms with E-state index in [1.165, 1.54) is 25.5 Å². The van der Waals surface area contributed by atoms with Crippen molar-refractivity contribution in [3.63, 3.8) is 0 Å². The number of aromatic nitrogens is 3. The number of para-hydroxylation sites is 1. The molecule has 0 fully saturated rings. The van der Waals surface area contributed by atoms with E-state index in [1.807, 2.05) is 30.3 Å². The smallest absolute Gasteiger partial charge is 0.270 e. The van der Waals surface area contributed by atoms with Gasteiger partial charge in [-0.1, -0.05) is 42.1 Å². The predicted molar refractivity (Wildman–Crippen MR) is 148 cm³/mol. The van der Waals surface area contributed by atoms with Crippen LogP contribution in [0.1, 0.15) is 5.56 Å². The van der Waals surface area contributed by atoms with Gasteiger partial charge < -0.3 is 15.2 Å². The summed E-state index contributed by atoms with van der Waals surface area (Å²) < 4.78 is 12.3. The summed E-state index contributed by atoms with van der Waals surface area (Å²) in [6, 6.07) is 20.2. The minimum atomic E-state index is -0.615. The highest BCUT2D eigenvalue weighted by molar-refractivity contribution is 7.99. The molecule has 0 spiro atoms.